The number of thiophene rings is 1. The number of aliphatic hydroxyl groups is 1. The van der Waals surface area contributed by atoms with Gasteiger partial charge in [-0.3, -0.25) is 0 Å². The zero-order valence-electron chi connectivity index (χ0n) is 7.84. The summed E-state index contributed by atoms with van der Waals surface area (Å²) in [5, 5.41) is 11.1. The number of aryl methyl sites for hydroxylation is 1. The minimum atomic E-state index is -0.865. The second-order valence-electron chi connectivity index (χ2n) is 2.91. The topological polar surface area (TPSA) is 77.4 Å². The number of nitrogens with zero attached hydrogens (tertiary/aromatic N) is 2. The minimum absolute atomic E-state index is 0.546. The van der Waals surface area contributed by atoms with Crippen LogP contribution in [0.2, 0.25) is 0 Å². The lowest BCUT2D eigenvalue weighted by Crippen LogP contribution is -2.28. The number of hydrogen-bond donors (Lipinski definition) is 1. The van der Waals surface area contributed by atoms with Crippen LogP contribution in [0.5, 0.6) is 0 Å². The fraction of sp³-hybridized carbons (Fsp3) is 0.250. The average molecular weight is 228 g/mol. The minimum Gasteiger partial charge on any atom is -0.376 e. The lowest BCUT2D eigenvalue weighted by atomic mass is 10.4. The molecule has 0 unspecified atom stereocenters. The van der Waals surface area contributed by atoms with Gasteiger partial charge in [-0.25, -0.2) is 14.2 Å². The second kappa shape index (κ2) is 3.52. The van der Waals surface area contributed by atoms with E-state index in [4.69, 9.17) is 9.63 Å². The van der Waals surface area contributed by atoms with Gasteiger partial charge in [-0.2, -0.15) is 0 Å². The van der Waals surface area contributed by atoms with Crippen molar-refractivity contribution in [1.82, 2.24) is 9.31 Å². The first-order valence-corrected chi connectivity index (χ1v) is 5.01. The van der Waals surface area contributed by atoms with Crippen LogP contribution in [0.3, 0.4) is 0 Å². The maximum atomic E-state index is 11.6. The summed E-state index contributed by atoms with van der Waals surface area (Å²) in [6.07, 6.45) is 0. The van der Waals surface area contributed by atoms with Crippen molar-refractivity contribution in [3.63, 3.8) is 0 Å². The maximum absolute atomic E-state index is 11.6. The van der Waals surface area contributed by atoms with Crippen molar-refractivity contribution >= 4 is 11.3 Å². The summed E-state index contributed by atoms with van der Waals surface area (Å²) in [6.45, 7) is 1.12. The predicted molar refractivity (Wildman–Crippen MR) is 53.4 cm³/mol. The molecule has 0 amide bonds. The van der Waals surface area contributed by atoms with Gasteiger partial charge in [0.05, 0.1) is 0 Å². The van der Waals surface area contributed by atoms with E-state index in [0.29, 0.717) is 9.57 Å². The Hall–Kier alpha value is -1.60. The monoisotopic (exact) mass is 228 g/mol. The summed E-state index contributed by atoms with van der Waals surface area (Å²) >= 11 is 1.28. The molecule has 0 atom stereocenters. The molecule has 0 spiro atoms. The summed E-state index contributed by atoms with van der Waals surface area (Å²) in [7, 11) is 0. The van der Waals surface area contributed by atoms with Gasteiger partial charge in [-0.1, -0.05) is 0 Å². The maximum Gasteiger partial charge on any atom is 0.445 e. The largest absolute Gasteiger partial charge is 0.445 e. The van der Waals surface area contributed by atoms with Crippen LogP contribution < -0.4 is 11.4 Å². The summed E-state index contributed by atoms with van der Waals surface area (Å²) in [4.78, 5) is 22.7. The lowest BCUT2D eigenvalue weighted by molar-refractivity contribution is 0.196. The Morgan fingerprint density at radius 3 is 2.73 bits per heavy atom. The van der Waals surface area contributed by atoms with E-state index in [1.807, 2.05) is 6.07 Å². The smallest absolute Gasteiger partial charge is 0.376 e. The zero-order valence-corrected chi connectivity index (χ0v) is 8.65. The van der Waals surface area contributed by atoms with Crippen molar-refractivity contribution in [1.29, 1.82) is 0 Å². The van der Waals surface area contributed by atoms with Gasteiger partial charge < -0.3 is 9.63 Å². The van der Waals surface area contributed by atoms with Crippen LogP contribution in [0.15, 0.2) is 25.6 Å². The third-order valence-corrected chi connectivity index (χ3v) is 2.94. The second-order valence-corrected chi connectivity index (χ2v) is 3.81. The molecule has 0 aliphatic carbocycles. The zero-order chi connectivity index (χ0) is 11.0. The Bertz CT molecular complexity index is 588. The van der Waals surface area contributed by atoms with Crippen LogP contribution in [0, 0.1) is 6.92 Å². The van der Waals surface area contributed by atoms with E-state index in [9.17, 15) is 9.59 Å². The highest BCUT2D eigenvalue weighted by molar-refractivity contribution is 7.12. The molecule has 2 heterocycles. The van der Waals surface area contributed by atoms with Gasteiger partial charge in [-0.05, 0) is 23.9 Å². The van der Waals surface area contributed by atoms with E-state index in [1.54, 1.807) is 12.3 Å². The molecule has 7 heteroatoms. The van der Waals surface area contributed by atoms with Crippen molar-refractivity contribution in [2.24, 2.45) is 0 Å². The van der Waals surface area contributed by atoms with E-state index in [1.165, 1.54) is 11.3 Å². The van der Waals surface area contributed by atoms with Gasteiger partial charge in [0.15, 0.2) is 0 Å². The Labute approximate surface area is 87.6 Å². The van der Waals surface area contributed by atoms with Crippen LogP contribution in [0.25, 0.3) is 5.00 Å². The van der Waals surface area contributed by atoms with Gasteiger partial charge in [0.2, 0.25) is 0 Å². The van der Waals surface area contributed by atoms with Crippen molar-refractivity contribution < 1.29 is 9.63 Å². The van der Waals surface area contributed by atoms with Crippen LogP contribution in [0.1, 0.15) is 5.56 Å². The SMILES string of the molecule is Cc1ccsc1-n1oc(=O)n(CO)c1=O. The van der Waals surface area contributed by atoms with Crippen LogP contribution in [0.4, 0.5) is 0 Å². The molecular formula is C8H8N2O4S. The standard InChI is InChI=1S/C8H8N2O4S/c1-5-2-3-15-6(5)10-7(12)9(4-11)8(13)14-10/h2-3,11H,4H2,1H3. The number of rotatable bonds is 2. The predicted octanol–water partition coefficient (Wildman–Crippen LogP) is -0.0881. The Morgan fingerprint density at radius 1 is 1.53 bits per heavy atom. The third-order valence-electron chi connectivity index (χ3n) is 1.96. The van der Waals surface area contributed by atoms with Crippen molar-refractivity contribution in [2.75, 3.05) is 0 Å². The lowest BCUT2D eigenvalue weighted by Gasteiger charge is -1.94. The Balaban J connectivity index is 2.71. The van der Waals surface area contributed by atoms with Crippen LogP contribution >= 0.6 is 11.3 Å². The molecule has 0 saturated heterocycles. The molecule has 15 heavy (non-hydrogen) atoms. The fourth-order valence-electron chi connectivity index (χ4n) is 1.17. The molecule has 6 nitrogen and oxygen atoms in total. The first-order chi connectivity index (χ1) is 7.15. The summed E-state index contributed by atoms with van der Waals surface area (Å²) < 4.78 is 6.22. The molecule has 0 saturated carbocycles. The molecule has 1 N–H and O–H groups in total. The molecule has 2 rings (SSSR count). The molecule has 0 aliphatic rings. The molecule has 2 aromatic heterocycles. The van der Waals surface area contributed by atoms with Crippen molar-refractivity contribution in [3.05, 3.63) is 38.0 Å². The molecule has 0 fully saturated rings. The van der Waals surface area contributed by atoms with E-state index < -0.39 is 18.2 Å². The normalized spacial score (nSPS) is 10.8. The molecule has 80 valence electrons. The summed E-state index contributed by atoms with van der Waals surface area (Å²) in [5.41, 5.74) is 0.161. The van der Waals surface area contributed by atoms with Gasteiger partial charge in [0, 0.05) is 0 Å². The summed E-state index contributed by atoms with van der Waals surface area (Å²) in [5.74, 6) is -0.865. The Morgan fingerprint density at radius 2 is 2.27 bits per heavy atom. The van der Waals surface area contributed by atoms with Crippen LogP contribution in [-0.4, -0.2) is 14.4 Å². The quantitative estimate of drug-likeness (QED) is 0.779. The molecule has 0 radical (unpaired) electrons. The molecule has 0 aromatic carbocycles. The number of aromatic nitrogens is 2. The molecular weight excluding hydrogens is 220 g/mol. The third kappa shape index (κ3) is 1.45. The first-order valence-electron chi connectivity index (χ1n) is 4.13. The number of aliphatic hydroxyl groups excluding tert-OH is 1. The van der Waals surface area contributed by atoms with E-state index in [-0.39, 0.29) is 0 Å². The Kier molecular flexibility index (Phi) is 2.33. The van der Waals surface area contributed by atoms with Gasteiger partial charge >= 0.3 is 11.4 Å². The summed E-state index contributed by atoms with van der Waals surface area (Å²) in [6, 6.07) is 1.81. The molecule has 0 bridgehead atoms. The van der Waals surface area contributed by atoms with Crippen LogP contribution in [-0.2, 0) is 6.73 Å². The average Bonchev–Trinajstić information content (AvgIpc) is 2.71. The van der Waals surface area contributed by atoms with Gasteiger partial charge in [0.1, 0.15) is 11.7 Å². The van der Waals surface area contributed by atoms with E-state index in [0.717, 1.165) is 10.3 Å². The number of hydrogen-bond acceptors (Lipinski definition) is 5. The van der Waals surface area contributed by atoms with Crippen molar-refractivity contribution in [3.8, 4) is 5.00 Å². The molecule has 2 aromatic rings. The fourth-order valence-corrected chi connectivity index (χ4v) is 2.04. The molecule has 0 aliphatic heterocycles. The van der Waals surface area contributed by atoms with Crippen molar-refractivity contribution in [2.45, 2.75) is 13.7 Å². The van der Waals surface area contributed by atoms with E-state index >= 15 is 0 Å². The van der Waals surface area contributed by atoms with E-state index in [2.05, 4.69) is 0 Å². The highest BCUT2D eigenvalue weighted by Crippen LogP contribution is 2.18. The first kappa shape index (κ1) is 9.94. The van der Waals surface area contributed by atoms with Gasteiger partial charge in [0.25, 0.3) is 0 Å². The highest BCUT2D eigenvalue weighted by Gasteiger charge is 2.14. The van der Waals surface area contributed by atoms with Gasteiger partial charge in [-0.15, -0.1) is 16.1 Å². The highest BCUT2D eigenvalue weighted by atomic mass is 32.1.